The molecular weight excluding hydrogens is 424 g/mol. The SMILES string of the molecule is COC(=O)C1(C(=O)OC)C[C@H]2C[C@@](c3ccccc3)(c3c(OC)cc(OC)cc3OC)[C@H]2C1. The van der Waals surface area contributed by atoms with Gasteiger partial charge in [0.2, 0.25) is 0 Å². The zero-order valence-electron chi connectivity index (χ0n) is 19.7. The van der Waals surface area contributed by atoms with Crippen LogP contribution in [0.1, 0.15) is 30.4 Å². The van der Waals surface area contributed by atoms with Gasteiger partial charge in [0.15, 0.2) is 5.41 Å². The zero-order valence-corrected chi connectivity index (χ0v) is 19.7. The highest BCUT2D eigenvalue weighted by Gasteiger charge is 2.69. The molecule has 0 radical (unpaired) electrons. The molecule has 7 nitrogen and oxygen atoms in total. The van der Waals surface area contributed by atoms with Crippen LogP contribution in [-0.4, -0.2) is 47.5 Å². The topological polar surface area (TPSA) is 80.3 Å². The van der Waals surface area contributed by atoms with Gasteiger partial charge in [0.05, 0.1) is 35.5 Å². The first kappa shape index (κ1) is 23.0. The largest absolute Gasteiger partial charge is 0.496 e. The van der Waals surface area contributed by atoms with Gasteiger partial charge in [0, 0.05) is 23.1 Å². The van der Waals surface area contributed by atoms with E-state index in [0.29, 0.717) is 30.1 Å². The summed E-state index contributed by atoms with van der Waals surface area (Å²) in [4.78, 5) is 25.8. The fourth-order valence-electron chi connectivity index (χ4n) is 6.16. The second kappa shape index (κ2) is 8.61. The molecule has 0 bridgehead atoms. The zero-order chi connectivity index (χ0) is 23.8. The highest BCUT2D eigenvalue weighted by Crippen LogP contribution is 2.69. The Morgan fingerprint density at radius 3 is 1.85 bits per heavy atom. The molecule has 0 N–H and O–H groups in total. The summed E-state index contributed by atoms with van der Waals surface area (Å²) >= 11 is 0. The molecule has 2 saturated carbocycles. The van der Waals surface area contributed by atoms with Crippen molar-refractivity contribution >= 4 is 11.9 Å². The third kappa shape index (κ3) is 3.24. The van der Waals surface area contributed by atoms with E-state index < -0.39 is 22.8 Å². The number of rotatable bonds is 7. The van der Waals surface area contributed by atoms with E-state index in [1.165, 1.54) is 14.2 Å². The summed E-state index contributed by atoms with van der Waals surface area (Å²) in [6.45, 7) is 0. The molecule has 0 aromatic heterocycles. The van der Waals surface area contributed by atoms with Crippen molar-refractivity contribution < 1.29 is 33.3 Å². The molecule has 0 heterocycles. The third-order valence-electron chi connectivity index (χ3n) is 7.57. The van der Waals surface area contributed by atoms with E-state index in [-0.39, 0.29) is 11.8 Å². The highest BCUT2D eigenvalue weighted by molar-refractivity contribution is 6.00. The first-order valence-electron chi connectivity index (χ1n) is 10.9. The van der Waals surface area contributed by atoms with Crippen LogP contribution in [0.4, 0.5) is 0 Å². The first-order valence-corrected chi connectivity index (χ1v) is 10.9. The van der Waals surface area contributed by atoms with Crippen molar-refractivity contribution in [2.75, 3.05) is 35.5 Å². The minimum atomic E-state index is -1.32. The van der Waals surface area contributed by atoms with Gasteiger partial charge in [0.25, 0.3) is 0 Å². The van der Waals surface area contributed by atoms with Crippen molar-refractivity contribution in [2.45, 2.75) is 24.7 Å². The van der Waals surface area contributed by atoms with Crippen LogP contribution in [0.5, 0.6) is 17.2 Å². The second-order valence-electron chi connectivity index (χ2n) is 8.79. The lowest BCUT2D eigenvalue weighted by atomic mass is 9.49. The summed E-state index contributed by atoms with van der Waals surface area (Å²) in [6.07, 6.45) is 1.45. The summed E-state index contributed by atoms with van der Waals surface area (Å²) in [5.41, 5.74) is 0.144. The lowest BCUT2D eigenvalue weighted by molar-refractivity contribution is -0.168. The predicted molar refractivity (Wildman–Crippen MR) is 121 cm³/mol. The Bertz CT molecular complexity index is 1010. The minimum Gasteiger partial charge on any atom is -0.496 e. The quantitative estimate of drug-likeness (QED) is 0.465. The Kier molecular flexibility index (Phi) is 5.99. The second-order valence-corrected chi connectivity index (χ2v) is 8.79. The molecule has 176 valence electrons. The molecule has 0 saturated heterocycles. The number of carbonyl (C=O) groups excluding carboxylic acids is 2. The van der Waals surface area contributed by atoms with Crippen LogP contribution in [0.25, 0.3) is 0 Å². The Balaban J connectivity index is 1.93. The molecule has 2 aliphatic rings. The van der Waals surface area contributed by atoms with Crippen LogP contribution in [0.3, 0.4) is 0 Å². The maximum absolute atomic E-state index is 12.9. The summed E-state index contributed by atoms with van der Waals surface area (Å²) in [5.74, 6) is 0.939. The maximum Gasteiger partial charge on any atom is 0.323 e. The molecule has 0 amide bonds. The van der Waals surface area contributed by atoms with Gasteiger partial charge < -0.3 is 23.7 Å². The van der Waals surface area contributed by atoms with Crippen LogP contribution >= 0.6 is 0 Å². The number of benzene rings is 2. The molecule has 2 aromatic rings. The van der Waals surface area contributed by atoms with Gasteiger partial charge in [-0.05, 0) is 36.7 Å². The normalized spacial score (nSPS) is 24.8. The Morgan fingerprint density at radius 2 is 1.36 bits per heavy atom. The molecule has 0 unspecified atom stereocenters. The van der Waals surface area contributed by atoms with Crippen molar-refractivity contribution in [2.24, 2.45) is 17.3 Å². The molecule has 2 fully saturated rings. The van der Waals surface area contributed by atoms with Gasteiger partial charge in [-0.25, -0.2) is 0 Å². The average molecular weight is 455 g/mol. The lowest BCUT2D eigenvalue weighted by Gasteiger charge is -2.54. The van der Waals surface area contributed by atoms with E-state index in [4.69, 9.17) is 23.7 Å². The van der Waals surface area contributed by atoms with Gasteiger partial charge in [-0.3, -0.25) is 9.59 Å². The average Bonchev–Trinajstić information content (AvgIpc) is 3.18. The van der Waals surface area contributed by atoms with Gasteiger partial charge >= 0.3 is 11.9 Å². The molecule has 7 heteroatoms. The van der Waals surface area contributed by atoms with E-state index in [1.807, 2.05) is 30.3 Å². The molecule has 2 aromatic carbocycles. The molecule has 0 aliphatic heterocycles. The molecule has 2 aliphatic carbocycles. The molecule has 4 rings (SSSR count). The van der Waals surface area contributed by atoms with E-state index in [9.17, 15) is 9.59 Å². The molecular formula is C26H30O7. The van der Waals surface area contributed by atoms with Gasteiger partial charge in [-0.2, -0.15) is 0 Å². The highest BCUT2D eigenvalue weighted by atomic mass is 16.5. The Hall–Kier alpha value is -3.22. The van der Waals surface area contributed by atoms with E-state index in [0.717, 1.165) is 17.5 Å². The summed E-state index contributed by atoms with van der Waals surface area (Å²) in [7, 11) is 7.46. The summed E-state index contributed by atoms with van der Waals surface area (Å²) in [5, 5.41) is 0. The van der Waals surface area contributed by atoms with Crippen LogP contribution in [0.2, 0.25) is 0 Å². The number of carbonyl (C=O) groups is 2. The van der Waals surface area contributed by atoms with Crippen LogP contribution in [0, 0.1) is 17.3 Å². The van der Waals surface area contributed by atoms with Gasteiger partial charge in [0.1, 0.15) is 17.2 Å². The van der Waals surface area contributed by atoms with Crippen molar-refractivity contribution in [1.29, 1.82) is 0 Å². The summed E-state index contributed by atoms with van der Waals surface area (Å²) in [6, 6.07) is 13.8. The van der Waals surface area contributed by atoms with Crippen LogP contribution < -0.4 is 14.2 Å². The standard InChI is InChI=1S/C26H30O7/c1-29-18-11-20(30-2)22(21(12-18)31-3)26(17-9-7-6-8-10-17)14-16-13-25(15-19(16)26,23(27)32-4)24(28)33-5/h6-12,16,19H,13-15H2,1-5H3/t16-,19-,26-/m0/s1. The van der Waals surface area contributed by atoms with Gasteiger partial charge in [-0.15, -0.1) is 0 Å². The maximum atomic E-state index is 12.9. The number of esters is 2. The third-order valence-corrected chi connectivity index (χ3v) is 7.57. The predicted octanol–water partition coefficient (Wildman–Crippen LogP) is 3.76. The number of hydrogen-bond donors (Lipinski definition) is 0. The number of methoxy groups -OCH3 is 5. The fourth-order valence-corrected chi connectivity index (χ4v) is 6.16. The number of hydrogen-bond acceptors (Lipinski definition) is 7. The Morgan fingerprint density at radius 1 is 0.788 bits per heavy atom. The Labute approximate surface area is 193 Å². The summed E-state index contributed by atoms with van der Waals surface area (Å²) < 4.78 is 27.3. The number of fused-ring (bicyclic) bond motifs is 1. The van der Waals surface area contributed by atoms with E-state index in [2.05, 4.69) is 12.1 Å². The minimum absolute atomic E-state index is 0.0192. The smallest absolute Gasteiger partial charge is 0.323 e. The molecule has 0 spiro atoms. The van der Waals surface area contributed by atoms with Gasteiger partial charge in [-0.1, -0.05) is 30.3 Å². The number of ether oxygens (including phenoxy) is 5. The van der Waals surface area contributed by atoms with Crippen molar-refractivity contribution in [3.63, 3.8) is 0 Å². The fraction of sp³-hybridized carbons (Fsp3) is 0.462. The molecule has 3 atom stereocenters. The molecule has 33 heavy (non-hydrogen) atoms. The van der Waals surface area contributed by atoms with E-state index in [1.54, 1.807) is 21.3 Å². The van der Waals surface area contributed by atoms with Crippen LogP contribution in [0.15, 0.2) is 42.5 Å². The monoisotopic (exact) mass is 454 g/mol. The van der Waals surface area contributed by atoms with Crippen molar-refractivity contribution in [3.05, 3.63) is 53.6 Å². The van der Waals surface area contributed by atoms with Crippen LogP contribution in [-0.2, 0) is 24.5 Å². The van der Waals surface area contributed by atoms with E-state index >= 15 is 0 Å². The first-order chi connectivity index (χ1) is 15.9. The van der Waals surface area contributed by atoms with Crippen molar-refractivity contribution in [1.82, 2.24) is 0 Å². The van der Waals surface area contributed by atoms with Crippen molar-refractivity contribution in [3.8, 4) is 17.2 Å². The lowest BCUT2D eigenvalue weighted by Crippen LogP contribution is -2.50.